The first-order valence-electron chi connectivity index (χ1n) is 6.35. The molecule has 8 nitrogen and oxygen atoms in total. The molecule has 6 N–H and O–H groups in total. The zero-order valence-corrected chi connectivity index (χ0v) is 11.1. The van der Waals surface area contributed by atoms with Crippen molar-refractivity contribution in [2.75, 3.05) is 29.5 Å². The zero-order valence-electron chi connectivity index (χ0n) is 11.1. The predicted octanol–water partition coefficient (Wildman–Crippen LogP) is 0.668. The Balaban J connectivity index is 1.76. The summed E-state index contributed by atoms with van der Waals surface area (Å²) in [7, 11) is 0. The molecule has 1 aliphatic heterocycles. The van der Waals surface area contributed by atoms with E-state index >= 15 is 0 Å². The molecule has 0 atom stereocenters. The minimum Gasteiger partial charge on any atom is -0.508 e. The highest BCUT2D eigenvalue weighted by molar-refractivity contribution is 5.97. The Hall–Kier alpha value is -3.03. The number of fused-ring (bicyclic) bond motifs is 1. The van der Waals surface area contributed by atoms with Gasteiger partial charge in [-0.1, -0.05) is 0 Å². The number of H-pyrrole nitrogens is 1. The third-order valence-electron chi connectivity index (χ3n) is 3.01. The van der Waals surface area contributed by atoms with Gasteiger partial charge in [-0.05, 0) is 24.3 Å². The van der Waals surface area contributed by atoms with Crippen LogP contribution in [0.1, 0.15) is 0 Å². The van der Waals surface area contributed by atoms with Crippen molar-refractivity contribution in [1.82, 2.24) is 9.97 Å². The minimum atomic E-state index is -0.369. The average Bonchev–Trinajstić information content (AvgIpc) is 2.47. The van der Waals surface area contributed by atoms with Gasteiger partial charge in [0.15, 0.2) is 11.5 Å². The van der Waals surface area contributed by atoms with Gasteiger partial charge in [0.25, 0.3) is 5.56 Å². The van der Waals surface area contributed by atoms with Crippen LogP contribution in [0.2, 0.25) is 0 Å². The Labute approximate surface area is 119 Å². The maximum atomic E-state index is 11.8. The molecule has 21 heavy (non-hydrogen) atoms. The van der Waals surface area contributed by atoms with Crippen molar-refractivity contribution in [1.29, 1.82) is 0 Å². The number of aromatic nitrogens is 2. The Morgan fingerprint density at radius 2 is 2.10 bits per heavy atom. The van der Waals surface area contributed by atoms with E-state index in [2.05, 4.69) is 25.6 Å². The second kappa shape index (κ2) is 5.16. The molecule has 0 spiro atoms. The molecule has 8 heteroatoms. The molecule has 0 bridgehead atoms. The van der Waals surface area contributed by atoms with Crippen molar-refractivity contribution < 1.29 is 5.11 Å². The average molecular weight is 286 g/mol. The summed E-state index contributed by atoms with van der Waals surface area (Å²) in [5.41, 5.74) is 6.97. The number of nitrogens with zero attached hydrogens (tertiary/aromatic N) is 2. The summed E-state index contributed by atoms with van der Waals surface area (Å²) in [5, 5.41) is 15.4. The number of hydrogen-bond donors (Lipinski definition) is 5. The van der Waals surface area contributed by atoms with Crippen LogP contribution in [-0.2, 0) is 0 Å². The van der Waals surface area contributed by atoms with Gasteiger partial charge in [-0.3, -0.25) is 9.78 Å². The van der Waals surface area contributed by atoms with Crippen molar-refractivity contribution >= 4 is 28.9 Å². The maximum Gasteiger partial charge on any atom is 0.280 e. The van der Waals surface area contributed by atoms with E-state index in [-0.39, 0.29) is 22.9 Å². The highest BCUT2D eigenvalue weighted by Crippen LogP contribution is 2.21. The van der Waals surface area contributed by atoms with E-state index in [9.17, 15) is 9.90 Å². The summed E-state index contributed by atoms with van der Waals surface area (Å²) in [5.74, 6) is 0.665. The SMILES string of the molecule is Nc1nc2c(c(=O)[nH]1)N=C(CNc1ccc(O)cc1)CN2. The van der Waals surface area contributed by atoms with Crippen molar-refractivity contribution in [2.45, 2.75) is 0 Å². The van der Waals surface area contributed by atoms with Crippen molar-refractivity contribution in [3.8, 4) is 5.75 Å². The van der Waals surface area contributed by atoms with Gasteiger partial charge < -0.3 is 21.5 Å². The molecule has 1 aromatic carbocycles. The summed E-state index contributed by atoms with van der Waals surface area (Å²) in [6.07, 6.45) is 0. The molecule has 0 fully saturated rings. The van der Waals surface area contributed by atoms with Gasteiger partial charge in [0.2, 0.25) is 5.95 Å². The number of anilines is 3. The molecule has 0 saturated carbocycles. The lowest BCUT2D eigenvalue weighted by molar-refractivity contribution is 0.475. The first-order chi connectivity index (χ1) is 10.1. The highest BCUT2D eigenvalue weighted by atomic mass is 16.3. The molecular weight excluding hydrogens is 272 g/mol. The molecule has 1 aromatic heterocycles. The van der Waals surface area contributed by atoms with Crippen LogP contribution in [0.3, 0.4) is 0 Å². The van der Waals surface area contributed by atoms with Crippen LogP contribution in [0, 0.1) is 0 Å². The fourth-order valence-electron chi connectivity index (χ4n) is 1.98. The number of nitrogens with two attached hydrogens (primary N) is 1. The van der Waals surface area contributed by atoms with Crippen LogP contribution < -0.4 is 21.9 Å². The molecule has 2 heterocycles. The van der Waals surface area contributed by atoms with Crippen LogP contribution in [0.4, 0.5) is 23.1 Å². The molecule has 0 radical (unpaired) electrons. The molecule has 2 aromatic rings. The number of aromatic amines is 1. The van der Waals surface area contributed by atoms with E-state index in [0.29, 0.717) is 18.9 Å². The van der Waals surface area contributed by atoms with Crippen LogP contribution >= 0.6 is 0 Å². The molecule has 0 aliphatic carbocycles. The number of phenolic OH excluding ortho intramolecular Hbond substituents is 1. The number of nitrogen functional groups attached to an aromatic ring is 1. The number of hydrogen-bond acceptors (Lipinski definition) is 7. The van der Waals surface area contributed by atoms with Gasteiger partial charge in [-0.25, -0.2) is 4.99 Å². The molecule has 0 saturated heterocycles. The fraction of sp³-hybridized carbons (Fsp3) is 0.154. The predicted molar refractivity (Wildman–Crippen MR) is 81.5 cm³/mol. The summed E-state index contributed by atoms with van der Waals surface area (Å²) in [6.45, 7) is 0.953. The van der Waals surface area contributed by atoms with E-state index in [1.807, 2.05) is 0 Å². The van der Waals surface area contributed by atoms with Gasteiger partial charge >= 0.3 is 0 Å². The summed E-state index contributed by atoms with van der Waals surface area (Å²) in [6, 6.07) is 6.70. The normalized spacial score (nSPS) is 13.0. The van der Waals surface area contributed by atoms with Gasteiger partial charge in [0.1, 0.15) is 5.75 Å². The summed E-state index contributed by atoms with van der Waals surface area (Å²) in [4.78, 5) is 22.5. The van der Waals surface area contributed by atoms with Crippen molar-refractivity contribution in [3.63, 3.8) is 0 Å². The first-order valence-corrected chi connectivity index (χ1v) is 6.35. The third-order valence-corrected chi connectivity index (χ3v) is 3.01. The smallest absolute Gasteiger partial charge is 0.280 e. The summed E-state index contributed by atoms with van der Waals surface area (Å²) >= 11 is 0. The number of aromatic hydroxyl groups is 1. The van der Waals surface area contributed by atoms with Crippen LogP contribution in [0.15, 0.2) is 34.1 Å². The second-order valence-corrected chi connectivity index (χ2v) is 4.58. The second-order valence-electron chi connectivity index (χ2n) is 4.58. The van der Waals surface area contributed by atoms with Crippen molar-refractivity contribution in [2.24, 2.45) is 4.99 Å². The van der Waals surface area contributed by atoms with E-state index in [0.717, 1.165) is 11.4 Å². The topological polar surface area (TPSA) is 128 Å². The fourth-order valence-corrected chi connectivity index (χ4v) is 1.98. The number of nitrogens with one attached hydrogen (secondary N) is 3. The van der Waals surface area contributed by atoms with Crippen molar-refractivity contribution in [3.05, 3.63) is 34.6 Å². The third kappa shape index (κ3) is 2.78. The zero-order chi connectivity index (χ0) is 14.8. The van der Waals surface area contributed by atoms with E-state index < -0.39 is 0 Å². The molecule has 1 aliphatic rings. The highest BCUT2D eigenvalue weighted by Gasteiger charge is 2.16. The number of aliphatic imine (C=N–C) groups is 1. The Morgan fingerprint density at radius 1 is 1.33 bits per heavy atom. The van der Waals surface area contributed by atoms with Gasteiger partial charge in [-0.2, -0.15) is 4.98 Å². The van der Waals surface area contributed by atoms with Crippen LogP contribution in [0.5, 0.6) is 5.75 Å². The van der Waals surface area contributed by atoms with Crippen LogP contribution in [-0.4, -0.2) is 33.9 Å². The largest absolute Gasteiger partial charge is 0.508 e. The van der Waals surface area contributed by atoms with Gasteiger partial charge in [-0.15, -0.1) is 0 Å². The molecule has 0 amide bonds. The standard InChI is InChI=1S/C13H14N6O2/c14-13-18-11-10(12(21)19-13)17-8(6-16-11)5-15-7-1-3-9(20)4-2-7/h1-4,15,20H,5-6H2,(H4,14,16,18,19,21). The molecule has 108 valence electrons. The number of benzene rings is 1. The molecule has 3 rings (SSSR count). The van der Waals surface area contributed by atoms with E-state index in [1.165, 1.54) is 0 Å². The van der Waals surface area contributed by atoms with E-state index in [1.54, 1.807) is 24.3 Å². The Bertz CT molecular complexity index is 750. The lowest BCUT2D eigenvalue weighted by Crippen LogP contribution is -2.28. The number of phenols is 1. The lowest BCUT2D eigenvalue weighted by atomic mass is 10.2. The quantitative estimate of drug-likeness (QED) is 0.527. The maximum absolute atomic E-state index is 11.8. The minimum absolute atomic E-state index is 0.0621. The molecular formula is C13H14N6O2. The Morgan fingerprint density at radius 3 is 2.86 bits per heavy atom. The van der Waals surface area contributed by atoms with Crippen LogP contribution in [0.25, 0.3) is 0 Å². The van der Waals surface area contributed by atoms with E-state index in [4.69, 9.17) is 5.73 Å². The van der Waals surface area contributed by atoms with Gasteiger partial charge in [0, 0.05) is 5.69 Å². The summed E-state index contributed by atoms with van der Waals surface area (Å²) < 4.78 is 0. The Kier molecular flexibility index (Phi) is 3.19. The monoisotopic (exact) mass is 286 g/mol. The lowest BCUT2D eigenvalue weighted by Gasteiger charge is -2.17. The van der Waals surface area contributed by atoms with Gasteiger partial charge in [0.05, 0.1) is 18.8 Å². The number of rotatable bonds is 3. The molecule has 0 unspecified atom stereocenters. The first kappa shape index (κ1) is 13.0.